The van der Waals surface area contributed by atoms with E-state index < -0.39 is 0 Å². The van der Waals surface area contributed by atoms with Gasteiger partial charge in [0.05, 0.1) is 17.8 Å². The highest BCUT2D eigenvalue weighted by molar-refractivity contribution is 7.13. The van der Waals surface area contributed by atoms with Crippen LogP contribution in [0.25, 0.3) is 0 Å². The van der Waals surface area contributed by atoms with Crippen LogP contribution in [0.5, 0.6) is 5.75 Å². The van der Waals surface area contributed by atoms with Crippen molar-refractivity contribution in [1.29, 1.82) is 0 Å². The molecule has 0 unspecified atom stereocenters. The number of piperidine rings is 2. The zero-order chi connectivity index (χ0) is 34.3. The average Bonchev–Trinajstić information content (AvgIpc) is 3.76. The first-order chi connectivity index (χ1) is 23.7. The fraction of sp³-hybridized carbons (Fsp3) is 0.649. The van der Waals surface area contributed by atoms with Crippen LogP contribution in [0.1, 0.15) is 77.3 Å². The van der Waals surface area contributed by atoms with Gasteiger partial charge in [-0.1, -0.05) is 12.1 Å². The van der Waals surface area contributed by atoms with Crippen LogP contribution < -0.4 is 15.4 Å². The van der Waals surface area contributed by atoms with Crippen molar-refractivity contribution in [2.45, 2.75) is 71.3 Å². The van der Waals surface area contributed by atoms with Crippen LogP contribution in [0.3, 0.4) is 0 Å². The fourth-order valence-corrected chi connectivity index (χ4v) is 9.27. The second kappa shape index (κ2) is 16.5. The maximum atomic E-state index is 13.8. The second-order valence-electron chi connectivity index (χ2n) is 14.4. The minimum Gasteiger partial charge on any atom is -0.497 e. The van der Waals surface area contributed by atoms with Gasteiger partial charge in [0.25, 0.3) is 5.91 Å². The Labute approximate surface area is 294 Å². The SMILES string of the molecule is COc1cccc(CN2CC[C@H]3CC(=O)NCCc4nc(C)c(s4)C(=O)N4CC[C@@H](CC(=O)N5CCCC5)[C@@H](CC(=O)NCC[C@H]3C2)C4)c1. The van der Waals surface area contributed by atoms with E-state index in [-0.39, 0.29) is 53.7 Å². The number of carbonyl (C=O) groups excluding carboxylic acids is 4. The lowest BCUT2D eigenvalue weighted by molar-refractivity contribution is -0.133. The number of ether oxygens (including phenoxy) is 1. The highest BCUT2D eigenvalue weighted by Crippen LogP contribution is 2.33. The molecule has 5 heterocycles. The molecule has 49 heavy (non-hydrogen) atoms. The van der Waals surface area contributed by atoms with E-state index in [1.165, 1.54) is 16.9 Å². The summed E-state index contributed by atoms with van der Waals surface area (Å²) >= 11 is 1.40. The molecule has 4 atom stereocenters. The van der Waals surface area contributed by atoms with E-state index in [0.29, 0.717) is 62.4 Å². The summed E-state index contributed by atoms with van der Waals surface area (Å²) in [5.41, 5.74) is 1.90. The van der Waals surface area contributed by atoms with E-state index >= 15 is 0 Å². The molecular formula is C37H52N6O5S. The maximum absolute atomic E-state index is 13.8. The van der Waals surface area contributed by atoms with Gasteiger partial charge < -0.3 is 25.2 Å². The Morgan fingerprint density at radius 3 is 2.51 bits per heavy atom. The number of amides is 4. The summed E-state index contributed by atoms with van der Waals surface area (Å²) in [4.78, 5) is 65.2. The van der Waals surface area contributed by atoms with Gasteiger partial charge in [0.15, 0.2) is 0 Å². The second-order valence-corrected chi connectivity index (χ2v) is 15.5. The van der Waals surface area contributed by atoms with Crippen molar-refractivity contribution in [2.24, 2.45) is 23.7 Å². The van der Waals surface area contributed by atoms with Gasteiger partial charge in [0, 0.05) is 78.0 Å². The van der Waals surface area contributed by atoms with Gasteiger partial charge in [-0.05, 0) is 86.9 Å². The number of aromatic nitrogens is 1. The summed E-state index contributed by atoms with van der Waals surface area (Å²) in [7, 11) is 1.68. The molecule has 4 amide bonds. The highest BCUT2D eigenvalue weighted by atomic mass is 32.1. The normalized spacial score (nSPS) is 26.2. The van der Waals surface area contributed by atoms with Crippen molar-refractivity contribution in [3.8, 4) is 5.75 Å². The molecule has 6 rings (SSSR count). The van der Waals surface area contributed by atoms with Gasteiger partial charge >= 0.3 is 0 Å². The lowest BCUT2D eigenvalue weighted by Crippen LogP contribution is -2.46. The zero-order valence-corrected chi connectivity index (χ0v) is 29.9. The summed E-state index contributed by atoms with van der Waals surface area (Å²) in [6.07, 6.45) is 6.24. The minimum atomic E-state index is -0.0957. The van der Waals surface area contributed by atoms with Crippen molar-refractivity contribution in [2.75, 3.05) is 59.5 Å². The summed E-state index contributed by atoms with van der Waals surface area (Å²) < 4.78 is 5.44. The van der Waals surface area contributed by atoms with Crippen LogP contribution in [0.15, 0.2) is 24.3 Å². The molecule has 12 heteroatoms. The first-order valence-corrected chi connectivity index (χ1v) is 19.0. The largest absolute Gasteiger partial charge is 0.497 e. The molecule has 0 spiro atoms. The van der Waals surface area contributed by atoms with Gasteiger partial charge in [-0.25, -0.2) is 4.98 Å². The number of carbonyl (C=O) groups is 4. The van der Waals surface area contributed by atoms with Gasteiger partial charge in [-0.15, -0.1) is 11.3 Å². The molecule has 1 aromatic heterocycles. The molecule has 1 aromatic carbocycles. The van der Waals surface area contributed by atoms with Crippen LogP contribution in [0.4, 0.5) is 0 Å². The van der Waals surface area contributed by atoms with E-state index in [2.05, 4.69) is 32.7 Å². The number of rotatable bonds is 5. The smallest absolute Gasteiger partial charge is 0.265 e. The Bertz CT molecular complexity index is 1490. The maximum Gasteiger partial charge on any atom is 0.265 e. The molecule has 4 aliphatic heterocycles. The van der Waals surface area contributed by atoms with Crippen LogP contribution >= 0.6 is 11.3 Å². The van der Waals surface area contributed by atoms with Gasteiger partial charge in [-0.3, -0.25) is 24.1 Å². The summed E-state index contributed by atoms with van der Waals surface area (Å²) in [6, 6.07) is 8.16. The van der Waals surface area contributed by atoms with Crippen molar-refractivity contribution in [1.82, 2.24) is 30.3 Å². The lowest BCUT2D eigenvalue weighted by atomic mass is 9.80. The van der Waals surface area contributed by atoms with Crippen LogP contribution in [0, 0.1) is 30.6 Å². The Morgan fingerprint density at radius 1 is 0.939 bits per heavy atom. The van der Waals surface area contributed by atoms with Gasteiger partial charge in [0.2, 0.25) is 17.7 Å². The number of aryl methyl sites for hydroxylation is 1. The molecule has 11 nitrogen and oxygen atoms in total. The quantitative estimate of drug-likeness (QED) is 0.491. The summed E-state index contributed by atoms with van der Waals surface area (Å²) in [5.74, 6) is 1.40. The molecule has 4 bridgehead atoms. The third-order valence-electron chi connectivity index (χ3n) is 11.0. The highest BCUT2D eigenvalue weighted by Gasteiger charge is 2.37. The van der Waals surface area contributed by atoms with E-state index in [1.54, 1.807) is 7.11 Å². The Kier molecular flexibility index (Phi) is 11.9. The van der Waals surface area contributed by atoms with Crippen molar-refractivity contribution < 1.29 is 23.9 Å². The van der Waals surface area contributed by atoms with Crippen LogP contribution in [-0.4, -0.2) is 103 Å². The van der Waals surface area contributed by atoms with E-state index in [1.807, 2.05) is 28.9 Å². The predicted octanol–water partition coefficient (Wildman–Crippen LogP) is 3.65. The molecule has 0 saturated carbocycles. The number of hydrogen-bond acceptors (Lipinski definition) is 8. The molecule has 3 saturated heterocycles. The Morgan fingerprint density at radius 2 is 1.71 bits per heavy atom. The zero-order valence-electron chi connectivity index (χ0n) is 29.1. The van der Waals surface area contributed by atoms with Crippen molar-refractivity contribution >= 4 is 35.0 Å². The monoisotopic (exact) mass is 692 g/mol. The summed E-state index contributed by atoms with van der Waals surface area (Å²) in [5, 5.41) is 7.14. The molecule has 4 aliphatic rings. The van der Waals surface area contributed by atoms with Gasteiger partial charge in [-0.2, -0.15) is 0 Å². The van der Waals surface area contributed by atoms with E-state index in [9.17, 15) is 19.2 Å². The fourth-order valence-electron chi connectivity index (χ4n) is 8.24. The molecule has 266 valence electrons. The van der Waals surface area contributed by atoms with Crippen LogP contribution in [-0.2, 0) is 27.3 Å². The number of nitrogens with one attached hydrogen (secondary N) is 2. The standard InChI is InChI=1S/C37H52N6O5S/c1-25-36-37(47)43-17-11-28(21-35(46)42-14-3-4-15-42)30(24-43)20-33(45)38-12-8-29-23-41(22-26-6-5-7-31(18-26)48-2)16-10-27(29)19-32(44)39-13-9-34(40-25)49-36/h5-7,18,27-30H,3-4,8-17,19-24H2,1-2H3,(H,38,45)(H,39,44)/t27-,28-,29-,30-/m0/s1. The minimum absolute atomic E-state index is 0.0366. The third-order valence-corrected chi connectivity index (χ3v) is 12.2. The number of benzene rings is 1. The van der Waals surface area contributed by atoms with E-state index in [0.717, 1.165) is 69.2 Å². The Hall–Kier alpha value is -3.51. The molecule has 3 fully saturated rings. The molecule has 2 aromatic rings. The van der Waals surface area contributed by atoms with Crippen molar-refractivity contribution in [3.05, 3.63) is 45.4 Å². The summed E-state index contributed by atoms with van der Waals surface area (Å²) in [6.45, 7) is 8.09. The first-order valence-electron chi connectivity index (χ1n) is 18.2. The molecule has 2 N–H and O–H groups in total. The number of fused-ring (bicyclic) bond motifs is 5. The molecule has 0 aliphatic carbocycles. The predicted molar refractivity (Wildman–Crippen MR) is 188 cm³/mol. The number of thiazole rings is 1. The number of hydrogen-bond donors (Lipinski definition) is 2. The number of methoxy groups -OCH3 is 1. The van der Waals surface area contributed by atoms with Gasteiger partial charge in [0.1, 0.15) is 10.6 Å². The van der Waals surface area contributed by atoms with Crippen molar-refractivity contribution in [3.63, 3.8) is 0 Å². The average molecular weight is 693 g/mol. The first kappa shape index (κ1) is 35.3. The topological polar surface area (TPSA) is 124 Å². The third kappa shape index (κ3) is 9.19. The van der Waals surface area contributed by atoms with Crippen LogP contribution in [0.2, 0.25) is 0 Å². The number of likely N-dealkylation sites (tertiary alicyclic amines) is 2. The molecule has 0 radical (unpaired) electrons. The number of nitrogens with zero attached hydrogens (tertiary/aromatic N) is 4. The Balaban J connectivity index is 1.17. The molecular weight excluding hydrogens is 641 g/mol. The lowest BCUT2D eigenvalue weighted by Gasteiger charge is -2.39. The van der Waals surface area contributed by atoms with E-state index in [4.69, 9.17) is 4.74 Å².